The predicted octanol–water partition coefficient (Wildman–Crippen LogP) is 2.43. The minimum absolute atomic E-state index is 0.194. The molecule has 0 spiro atoms. The van der Waals surface area contributed by atoms with E-state index in [2.05, 4.69) is 4.98 Å². The van der Waals surface area contributed by atoms with Gasteiger partial charge in [0.15, 0.2) is 11.6 Å². The Hall–Kier alpha value is -2.50. The molecular formula is C12H7F2NO3. The molecule has 1 aromatic heterocycles. The minimum atomic E-state index is -1.31. The van der Waals surface area contributed by atoms with Crippen LogP contribution in [0.4, 0.5) is 8.78 Å². The summed E-state index contributed by atoms with van der Waals surface area (Å²) in [5.74, 6) is -4.14. The van der Waals surface area contributed by atoms with Gasteiger partial charge in [-0.1, -0.05) is 6.07 Å². The van der Waals surface area contributed by atoms with Crippen LogP contribution >= 0.6 is 0 Å². The summed E-state index contributed by atoms with van der Waals surface area (Å²) >= 11 is 0. The quantitative estimate of drug-likeness (QED) is 0.859. The molecule has 2 N–H and O–H groups in total. The van der Waals surface area contributed by atoms with Crippen molar-refractivity contribution in [2.24, 2.45) is 0 Å². The maximum absolute atomic E-state index is 13.6. The lowest BCUT2D eigenvalue weighted by molar-refractivity contribution is 0.0690. The number of aromatic carboxylic acids is 1. The van der Waals surface area contributed by atoms with E-state index in [-0.39, 0.29) is 11.4 Å². The Morgan fingerprint density at radius 2 is 1.89 bits per heavy atom. The zero-order valence-electron chi connectivity index (χ0n) is 8.89. The average Bonchev–Trinajstić information content (AvgIpc) is 2.35. The third-order valence-corrected chi connectivity index (χ3v) is 2.30. The zero-order valence-corrected chi connectivity index (χ0v) is 8.89. The number of aromatic hydroxyl groups is 1. The number of carboxylic acids is 1. The highest BCUT2D eigenvalue weighted by molar-refractivity contribution is 5.86. The molecule has 0 saturated heterocycles. The fourth-order valence-corrected chi connectivity index (χ4v) is 1.47. The first-order valence-corrected chi connectivity index (χ1v) is 4.88. The number of hydrogen-bond acceptors (Lipinski definition) is 3. The van der Waals surface area contributed by atoms with E-state index in [0.29, 0.717) is 0 Å². The summed E-state index contributed by atoms with van der Waals surface area (Å²) in [7, 11) is 0. The van der Waals surface area contributed by atoms with Gasteiger partial charge in [-0.3, -0.25) is 0 Å². The van der Waals surface area contributed by atoms with Crippen LogP contribution < -0.4 is 0 Å². The summed E-state index contributed by atoms with van der Waals surface area (Å²) < 4.78 is 27.1. The molecule has 0 fully saturated rings. The van der Waals surface area contributed by atoms with Crippen molar-refractivity contribution in [1.29, 1.82) is 0 Å². The van der Waals surface area contributed by atoms with E-state index in [0.717, 1.165) is 12.1 Å². The Labute approximate surface area is 100 Å². The lowest BCUT2D eigenvalue weighted by Crippen LogP contribution is -2.02. The summed E-state index contributed by atoms with van der Waals surface area (Å²) in [5.41, 5.74) is -1.09. The summed E-state index contributed by atoms with van der Waals surface area (Å²) in [5, 5.41) is 17.9. The highest BCUT2D eigenvalue weighted by Gasteiger charge is 2.17. The number of phenols is 1. The lowest BCUT2D eigenvalue weighted by Gasteiger charge is -2.06. The fraction of sp³-hybridized carbons (Fsp3) is 0. The molecule has 1 aromatic carbocycles. The molecule has 1 heterocycles. The second-order valence-corrected chi connectivity index (χ2v) is 3.47. The third kappa shape index (κ3) is 2.00. The van der Waals surface area contributed by atoms with Crippen molar-refractivity contribution in [2.45, 2.75) is 0 Å². The van der Waals surface area contributed by atoms with Gasteiger partial charge in [0.2, 0.25) is 0 Å². The first-order valence-electron chi connectivity index (χ1n) is 4.88. The number of aromatic nitrogens is 1. The maximum Gasteiger partial charge on any atom is 0.354 e. The number of phenolic OH excluding ortho intramolecular Hbond substituents is 1. The van der Waals surface area contributed by atoms with Crippen LogP contribution in [0, 0.1) is 11.6 Å². The summed E-state index contributed by atoms with van der Waals surface area (Å²) in [6.07, 6.45) is 0. The normalized spacial score (nSPS) is 10.3. The number of pyridine rings is 1. The van der Waals surface area contributed by atoms with Gasteiger partial charge in [-0.15, -0.1) is 0 Å². The molecule has 92 valence electrons. The number of rotatable bonds is 2. The molecule has 2 rings (SSSR count). The molecule has 0 aliphatic heterocycles. The van der Waals surface area contributed by atoms with Gasteiger partial charge in [-0.2, -0.15) is 0 Å². The van der Waals surface area contributed by atoms with E-state index in [9.17, 15) is 18.7 Å². The molecule has 0 radical (unpaired) electrons. The smallest absolute Gasteiger partial charge is 0.354 e. The van der Waals surface area contributed by atoms with Crippen LogP contribution in [0.15, 0.2) is 30.3 Å². The Kier molecular flexibility index (Phi) is 2.93. The molecule has 4 nitrogen and oxygen atoms in total. The van der Waals surface area contributed by atoms with Gasteiger partial charge in [0, 0.05) is 0 Å². The van der Waals surface area contributed by atoms with E-state index in [4.69, 9.17) is 5.11 Å². The second kappa shape index (κ2) is 4.40. The average molecular weight is 251 g/mol. The predicted molar refractivity (Wildman–Crippen MR) is 58.2 cm³/mol. The highest BCUT2D eigenvalue weighted by Crippen LogP contribution is 2.29. The van der Waals surface area contributed by atoms with Crippen molar-refractivity contribution in [3.63, 3.8) is 0 Å². The zero-order chi connectivity index (χ0) is 13.3. The molecule has 0 aliphatic rings. The third-order valence-electron chi connectivity index (χ3n) is 2.30. The van der Waals surface area contributed by atoms with Crippen LogP contribution in [0.2, 0.25) is 0 Å². The summed E-state index contributed by atoms with van der Waals surface area (Å²) in [6, 6.07) is 5.52. The van der Waals surface area contributed by atoms with Gasteiger partial charge in [0.1, 0.15) is 11.5 Å². The van der Waals surface area contributed by atoms with E-state index < -0.39 is 28.9 Å². The van der Waals surface area contributed by atoms with E-state index in [1.165, 1.54) is 18.2 Å². The molecular weight excluding hydrogens is 244 g/mol. The highest BCUT2D eigenvalue weighted by atomic mass is 19.1. The Bertz CT molecular complexity index is 629. The molecule has 0 atom stereocenters. The summed E-state index contributed by atoms with van der Waals surface area (Å²) in [6.45, 7) is 0. The van der Waals surface area contributed by atoms with Gasteiger partial charge in [-0.05, 0) is 24.3 Å². The molecule has 0 bridgehead atoms. The van der Waals surface area contributed by atoms with Crippen LogP contribution in [0.1, 0.15) is 10.5 Å². The Balaban J connectivity index is 2.65. The molecule has 6 heteroatoms. The summed E-state index contributed by atoms with van der Waals surface area (Å²) in [4.78, 5) is 14.3. The number of nitrogens with zero attached hydrogens (tertiary/aromatic N) is 1. The minimum Gasteiger partial charge on any atom is -0.505 e. The van der Waals surface area contributed by atoms with Crippen LogP contribution in [0.25, 0.3) is 11.3 Å². The van der Waals surface area contributed by atoms with E-state index >= 15 is 0 Å². The number of carboxylic acid groups (broad SMARTS) is 1. The fourth-order valence-electron chi connectivity index (χ4n) is 1.47. The van der Waals surface area contributed by atoms with Crippen LogP contribution in [0.5, 0.6) is 5.75 Å². The van der Waals surface area contributed by atoms with Gasteiger partial charge >= 0.3 is 5.97 Å². The molecule has 0 aliphatic carbocycles. The molecule has 0 saturated carbocycles. The second-order valence-electron chi connectivity index (χ2n) is 3.47. The van der Waals surface area contributed by atoms with Crippen LogP contribution in [0.3, 0.4) is 0 Å². The SMILES string of the molecule is O=C(O)c1cccc(-c2c(F)ccc(O)c2F)n1. The monoisotopic (exact) mass is 251 g/mol. The maximum atomic E-state index is 13.6. The number of carbonyl (C=O) groups is 1. The molecule has 2 aromatic rings. The van der Waals surface area contributed by atoms with Gasteiger partial charge < -0.3 is 10.2 Å². The number of halogens is 2. The van der Waals surface area contributed by atoms with Crippen molar-refractivity contribution in [3.8, 4) is 17.0 Å². The molecule has 0 amide bonds. The largest absolute Gasteiger partial charge is 0.505 e. The van der Waals surface area contributed by atoms with Crippen molar-refractivity contribution in [3.05, 3.63) is 47.7 Å². The van der Waals surface area contributed by atoms with Gasteiger partial charge in [0.05, 0.1) is 11.3 Å². The van der Waals surface area contributed by atoms with Gasteiger partial charge in [0.25, 0.3) is 0 Å². The van der Waals surface area contributed by atoms with Crippen molar-refractivity contribution in [2.75, 3.05) is 0 Å². The number of benzene rings is 1. The topological polar surface area (TPSA) is 70.4 Å². The Morgan fingerprint density at radius 3 is 2.56 bits per heavy atom. The van der Waals surface area contributed by atoms with Crippen LogP contribution in [-0.2, 0) is 0 Å². The first-order chi connectivity index (χ1) is 8.50. The van der Waals surface area contributed by atoms with Gasteiger partial charge in [-0.25, -0.2) is 18.6 Å². The van der Waals surface area contributed by atoms with E-state index in [1.54, 1.807) is 0 Å². The van der Waals surface area contributed by atoms with Crippen LogP contribution in [-0.4, -0.2) is 21.2 Å². The molecule has 0 unspecified atom stereocenters. The Morgan fingerprint density at radius 1 is 1.17 bits per heavy atom. The standard InChI is InChI=1S/C12H7F2NO3/c13-6-4-5-9(16)11(14)10(6)7-2-1-3-8(15-7)12(17)18/h1-5,16H,(H,17,18). The number of hydrogen-bond donors (Lipinski definition) is 2. The van der Waals surface area contributed by atoms with Crippen molar-refractivity contribution < 1.29 is 23.8 Å². The first kappa shape index (κ1) is 12.0. The van der Waals surface area contributed by atoms with Crippen molar-refractivity contribution >= 4 is 5.97 Å². The van der Waals surface area contributed by atoms with Crippen molar-refractivity contribution in [1.82, 2.24) is 4.98 Å². The van der Waals surface area contributed by atoms with E-state index in [1.807, 2.05) is 0 Å². The lowest BCUT2D eigenvalue weighted by atomic mass is 10.1. The molecule has 18 heavy (non-hydrogen) atoms.